The van der Waals surface area contributed by atoms with Crippen molar-refractivity contribution in [1.29, 1.82) is 0 Å². The molecule has 90 valence electrons. The molecule has 17 heavy (non-hydrogen) atoms. The van der Waals surface area contributed by atoms with Crippen molar-refractivity contribution in [1.82, 2.24) is 5.32 Å². The highest BCUT2D eigenvalue weighted by Crippen LogP contribution is 2.30. The maximum absolute atomic E-state index is 11.8. The van der Waals surface area contributed by atoms with Gasteiger partial charge in [-0.15, -0.1) is 12.3 Å². The maximum atomic E-state index is 11.8. The SMILES string of the molecule is C#CCC(N)C(=O)NC1CCCc2occc21. The van der Waals surface area contributed by atoms with Crippen molar-refractivity contribution in [2.75, 3.05) is 0 Å². The number of nitrogens with two attached hydrogens (primary N) is 1. The molecule has 0 spiro atoms. The van der Waals surface area contributed by atoms with E-state index in [1.54, 1.807) is 6.26 Å². The lowest BCUT2D eigenvalue weighted by atomic mass is 9.93. The lowest BCUT2D eigenvalue weighted by molar-refractivity contribution is -0.123. The van der Waals surface area contributed by atoms with Crippen LogP contribution >= 0.6 is 0 Å². The molecule has 4 heteroatoms. The van der Waals surface area contributed by atoms with Gasteiger partial charge in [-0.3, -0.25) is 4.79 Å². The zero-order valence-corrected chi connectivity index (χ0v) is 9.61. The van der Waals surface area contributed by atoms with Crippen LogP contribution < -0.4 is 11.1 Å². The monoisotopic (exact) mass is 232 g/mol. The highest BCUT2D eigenvalue weighted by atomic mass is 16.3. The van der Waals surface area contributed by atoms with Gasteiger partial charge in [0.2, 0.25) is 5.91 Å². The molecular formula is C13H16N2O2. The molecule has 1 heterocycles. The van der Waals surface area contributed by atoms with Gasteiger partial charge in [0, 0.05) is 18.4 Å². The maximum Gasteiger partial charge on any atom is 0.238 e. The van der Waals surface area contributed by atoms with E-state index >= 15 is 0 Å². The molecule has 2 rings (SSSR count). The van der Waals surface area contributed by atoms with E-state index in [1.807, 2.05) is 6.07 Å². The van der Waals surface area contributed by atoms with Crippen LogP contribution in [0.15, 0.2) is 16.7 Å². The lowest BCUT2D eigenvalue weighted by Gasteiger charge is -2.23. The molecule has 1 aliphatic rings. The van der Waals surface area contributed by atoms with Gasteiger partial charge in [0.1, 0.15) is 5.76 Å². The Hall–Kier alpha value is -1.73. The molecule has 0 saturated carbocycles. The second kappa shape index (κ2) is 5.07. The number of hydrogen-bond donors (Lipinski definition) is 2. The number of rotatable bonds is 3. The summed E-state index contributed by atoms with van der Waals surface area (Å²) in [6, 6.07) is 1.29. The summed E-state index contributed by atoms with van der Waals surface area (Å²) in [6.07, 6.45) is 9.92. The van der Waals surface area contributed by atoms with Gasteiger partial charge >= 0.3 is 0 Å². The molecule has 1 aromatic heterocycles. The van der Waals surface area contributed by atoms with Gasteiger partial charge in [-0.1, -0.05) is 0 Å². The molecule has 4 nitrogen and oxygen atoms in total. The summed E-state index contributed by atoms with van der Waals surface area (Å²) in [5.41, 5.74) is 6.73. The number of aryl methyl sites for hydroxylation is 1. The van der Waals surface area contributed by atoms with Gasteiger partial charge in [0.05, 0.1) is 18.3 Å². The second-order valence-corrected chi connectivity index (χ2v) is 4.27. The number of nitrogens with one attached hydrogen (secondary N) is 1. The Morgan fingerprint density at radius 2 is 2.59 bits per heavy atom. The number of amides is 1. The molecule has 0 aromatic carbocycles. The van der Waals surface area contributed by atoms with Gasteiger partial charge in [0.25, 0.3) is 0 Å². The minimum atomic E-state index is -0.628. The number of furan rings is 1. The van der Waals surface area contributed by atoms with E-state index in [0.29, 0.717) is 0 Å². The first-order valence-corrected chi connectivity index (χ1v) is 5.78. The first-order chi connectivity index (χ1) is 8.22. The third-order valence-electron chi connectivity index (χ3n) is 3.04. The van der Waals surface area contributed by atoms with Crippen LogP contribution in [-0.2, 0) is 11.2 Å². The summed E-state index contributed by atoms with van der Waals surface area (Å²) in [4.78, 5) is 11.8. The topological polar surface area (TPSA) is 68.3 Å². The summed E-state index contributed by atoms with van der Waals surface area (Å²) in [5.74, 6) is 3.17. The van der Waals surface area contributed by atoms with Crippen molar-refractivity contribution in [3.8, 4) is 12.3 Å². The fourth-order valence-corrected chi connectivity index (χ4v) is 2.13. The molecule has 0 bridgehead atoms. The van der Waals surface area contributed by atoms with Gasteiger partial charge in [-0.05, 0) is 18.9 Å². The van der Waals surface area contributed by atoms with Crippen LogP contribution in [0.5, 0.6) is 0 Å². The molecule has 1 aliphatic carbocycles. The Morgan fingerprint density at radius 1 is 1.76 bits per heavy atom. The van der Waals surface area contributed by atoms with Crippen LogP contribution in [0.2, 0.25) is 0 Å². The Bertz CT molecular complexity index is 445. The Labute approximate surface area is 101 Å². The third-order valence-corrected chi connectivity index (χ3v) is 3.04. The molecule has 1 aromatic rings. The summed E-state index contributed by atoms with van der Waals surface area (Å²) in [5, 5.41) is 2.93. The minimum absolute atomic E-state index is 0.00817. The Morgan fingerprint density at radius 3 is 3.35 bits per heavy atom. The van der Waals surface area contributed by atoms with Crippen molar-refractivity contribution >= 4 is 5.91 Å². The van der Waals surface area contributed by atoms with E-state index in [2.05, 4.69) is 11.2 Å². The van der Waals surface area contributed by atoms with Crippen molar-refractivity contribution < 1.29 is 9.21 Å². The van der Waals surface area contributed by atoms with Crippen LogP contribution in [0.1, 0.15) is 36.6 Å². The van der Waals surface area contributed by atoms with Gasteiger partial charge in [-0.25, -0.2) is 0 Å². The van der Waals surface area contributed by atoms with Crippen LogP contribution in [0.25, 0.3) is 0 Å². The van der Waals surface area contributed by atoms with E-state index in [1.165, 1.54) is 0 Å². The number of carbonyl (C=O) groups is 1. The third kappa shape index (κ3) is 2.51. The summed E-state index contributed by atoms with van der Waals surface area (Å²) in [6.45, 7) is 0. The number of hydrogen-bond acceptors (Lipinski definition) is 3. The number of carbonyl (C=O) groups excluding carboxylic acids is 1. The van der Waals surface area contributed by atoms with Gasteiger partial charge in [-0.2, -0.15) is 0 Å². The number of terminal acetylenes is 1. The Balaban J connectivity index is 2.02. The van der Waals surface area contributed by atoms with Crippen LogP contribution in [0, 0.1) is 12.3 Å². The average molecular weight is 232 g/mol. The smallest absolute Gasteiger partial charge is 0.238 e. The zero-order chi connectivity index (χ0) is 12.3. The quantitative estimate of drug-likeness (QED) is 0.767. The predicted octanol–water partition coefficient (Wildman–Crippen LogP) is 1.12. The highest BCUT2D eigenvalue weighted by molar-refractivity contribution is 5.82. The van der Waals surface area contributed by atoms with Crippen LogP contribution in [0.3, 0.4) is 0 Å². The molecular weight excluding hydrogens is 216 g/mol. The molecule has 0 radical (unpaired) electrons. The molecule has 2 atom stereocenters. The van der Waals surface area contributed by atoms with Crippen LogP contribution in [-0.4, -0.2) is 11.9 Å². The molecule has 2 unspecified atom stereocenters. The van der Waals surface area contributed by atoms with Crippen LogP contribution in [0.4, 0.5) is 0 Å². The summed E-state index contributed by atoms with van der Waals surface area (Å²) < 4.78 is 5.36. The normalized spacial score (nSPS) is 20.1. The van der Waals surface area contributed by atoms with E-state index in [0.717, 1.165) is 30.6 Å². The van der Waals surface area contributed by atoms with Crippen molar-refractivity contribution in [2.45, 2.75) is 37.8 Å². The summed E-state index contributed by atoms with van der Waals surface area (Å²) in [7, 11) is 0. The van der Waals surface area contributed by atoms with E-state index < -0.39 is 6.04 Å². The predicted molar refractivity (Wildman–Crippen MR) is 64.0 cm³/mol. The van der Waals surface area contributed by atoms with Crippen molar-refractivity contribution in [3.63, 3.8) is 0 Å². The highest BCUT2D eigenvalue weighted by Gasteiger charge is 2.25. The second-order valence-electron chi connectivity index (χ2n) is 4.27. The molecule has 0 fully saturated rings. The summed E-state index contributed by atoms with van der Waals surface area (Å²) >= 11 is 0. The van der Waals surface area contributed by atoms with Crippen molar-refractivity contribution in [2.24, 2.45) is 5.73 Å². The first-order valence-electron chi connectivity index (χ1n) is 5.78. The average Bonchev–Trinajstić information content (AvgIpc) is 2.78. The molecule has 3 N–H and O–H groups in total. The Kier molecular flexibility index (Phi) is 3.50. The van der Waals surface area contributed by atoms with Gasteiger partial charge in [0.15, 0.2) is 0 Å². The fourth-order valence-electron chi connectivity index (χ4n) is 2.13. The van der Waals surface area contributed by atoms with E-state index in [-0.39, 0.29) is 18.4 Å². The number of fused-ring (bicyclic) bond motifs is 1. The first kappa shape index (κ1) is 11.7. The molecule has 1 amide bonds. The fraction of sp³-hybridized carbons (Fsp3) is 0.462. The standard InChI is InChI=1S/C13H16N2O2/c1-2-4-10(14)13(16)15-11-5-3-6-12-9(11)7-8-17-12/h1,7-8,10-11H,3-6,14H2,(H,15,16). The van der Waals surface area contributed by atoms with E-state index in [4.69, 9.17) is 16.6 Å². The molecule has 0 saturated heterocycles. The lowest BCUT2D eigenvalue weighted by Crippen LogP contribution is -2.42. The minimum Gasteiger partial charge on any atom is -0.469 e. The van der Waals surface area contributed by atoms with Crippen molar-refractivity contribution in [3.05, 3.63) is 23.7 Å². The van der Waals surface area contributed by atoms with Gasteiger partial charge < -0.3 is 15.5 Å². The largest absolute Gasteiger partial charge is 0.469 e. The van der Waals surface area contributed by atoms with E-state index in [9.17, 15) is 4.79 Å². The molecule has 0 aliphatic heterocycles. The zero-order valence-electron chi connectivity index (χ0n) is 9.61.